The molecular formula is C23H39O2-. The highest BCUT2D eigenvalue weighted by Crippen LogP contribution is 2.14. The fraction of sp³-hybridized carbons (Fsp3) is 0.739. The number of hydrogen-bond donors (Lipinski definition) is 0. The Bertz CT molecular complexity index is 379. The summed E-state index contributed by atoms with van der Waals surface area (Å²) in [6, 6.07) is 0. The second kappa shape index (κ2) is 16.3. The van der Waals surface area contributed by atoms with Gasteiger partial charge in [-0.1, -0.05) is 121 Å². The van der Waals surface area contributed by atoms with Crippen molar-refractivity contribution in [2.45, 2.75) is 103 Å². The lowest BCUT2D eigenvalue weighted by Crippen LogP contribution is -2.11. The molecule has 0 atom stereocenters. The molecule has 0 saturated carbocycles. The van der Waals surface area contributed by atoms with Crippen molar-refractivity contribution >= 4 is 0 Å². The maximum atomic E-state index is 11.6. The molecule has 1 aliphatic carbocycles. The van der Waals surface area contributed by atoms with Crippen molar-refractivity contribution in [3.8, 4) is 0 Å². The molecule has 0 spiro atoms. The molecular weight excluding hydrogens is 308 g/mol. The molecule has 0 aromatic heterocycles. The van der Waals surface area contributed by atoms with E-state index in [0.29, 0.717) is 12.2 Å². The summed E-state index contributed by atoms with van der Waals surface area (Å²) in [5, 5.41) is 11.6. The summed E-state index contributed by atoms with van der Waals surface area (Å²) in [6.45, 7) is 2.84. The van der Waals surface area contributed by atoms with Crippen LogP contribution in [0.5, 0.6) is 0 Å². The summed E-state index contributed by atoms with van der Waals surface area (Å²) in [7, 11) is 0. The smallest absolute Gasteiger partial charge is 0.0587 e. The van der Waals surface area contributed by atoms with Gasteiger partial charge in [0.25, 0.3) is 0 Å². The van der Waals surface area contributed by atoms with Crippen LogP contribution >= 0.6 is 0 Å². The number of allylic oxidation sites excluding steroid dienone is 5. The van der Waals surface area contributed by atoms with Gasteiger partial charge in [-0.15, -0.1) is 0 Å². The van der Waals surface area contributed by atoms with Crippen LogP contribution in [0.25, 0.3) is 0 Å². The summed E-state index contributed by atoms with van der Waals surface area (Å²) >= 11 is 0. The zero-order chi connectivity index (χ0) is 18.0. The first-order valence-corrected chi connectivity index (χ1v) is 10.7. The summed E-state index contributed by atoms with van der Waals surface area (Å²) < 4.78 is 5.26. The van der Waals surface area contributed by atoms with Crippen molar-refractivity contribution in [2.24, 2.45) is 0 Å². The molecule has 144 valence electrons. The lowest BCUT2D eigenvalue weighted by Gasteiger charge is -2.16. The molecule has 0 unspecified atom stereocenters. The molecule has 0 amide bonds. The monoisotopic (exact) mass is 347 g/mol. The quantitative estimate of drug-likeness (QED) is 0.220. The van der Waals surface area contributed by atoms with E-state index in [4.69, 9.17) is 4.74 Å². The molecule has 0 heterocycles. The lowest BCUT2D eigenvalue weighted by molar-refractivity contribution is -0.358. The van der Waals surface area contributed by atoms with Crippen molar-refractivity contribution in [1.82, 2.24) is 0 Å². The Morgan fingerprint density at radius 1 is 0.680 bits per heavy atom. The highest BCUT2D eigenvalue weighted by molar-refractivity contribution is 5.39. The average molecular weight is 348 g/mol. The average Bonchev–Trinajstić information content (AvgIpc) is 3.16. The largest absolute Gasteiger partial charge is 0.613 e. The van der Waals surface area contributed by atoms with Gasteiger partial charge in [0, 0.05) is 0 Å². The van der Waals surface area contributed by atoms with Gasteiger partial charge in [0.1, 0.15) is 0 Å². The number of ether oxygens (including phenoxy) is 1. The van der Waals surface area contributed by atoms with Gasteiger partial charge in [-0.25, -0.2) is 0 Å². The highest BCUT2D eigenvalue weighted by Gasteiger charge is 1.96. The Kier molecular flexibility index (Phi) is 14.3. The van der Waals surface area contributed by atoms with Gasteiger partial charge < -0.3 is 9.84 Å². The van der Waals surface area contributed by atoms with Crippen LogP contribution in [0.2, 0.25) is 0 Å². The third-order valence-electron chi connectivity index (χ3n) is 4.88. The van der Waals surface area contributed by atoms with Crippen LogP contribution in [-0.4, -0.2) is 6.61 Å². The number of unbranched alkanes of at least 4 members (excludes halogenated alkanes) is 14. The van der Waals surface area contributed by atoms with Gasteiger partial charge >= 0.3 is 0 Å². The molecule has 1 rings (SSSR count). The summed E-state index contributed by atoms with van der Waals surface area (Å²) in [6.07, 6.45) is 27.6. The Morgan fingerprint density at radius 2 is 1.08 bits per heavy atom. The van der Waals surface area contributed by atoms with Gasteiger partial charge in [0.05, 0.1) is 5.95 Å². The number of rotatable bonds is 17. The molecule has 2 heteroatoms. The van der Waals surface area contributed by atoms with Crippen molar-refractivity contribution < 1.29 is 9.84 Å². The van der Waals surface area contributed by atoms with Crippen LogP contribution in [-0.2, 0) is 4.74 Å². The van der Waals surface area contributed by atoms with Crippen molar-refractivity contribution in [3.05, 3.63) is 35.8 Å². The Morgan fingerprint density at radius 3 is 1.52 bits per heavy atom. The predicted octanol–water partition coefficient (Wildman–Crippen LogP) is 6.57. The van der Waals surface area contributed by atoms with E-state index in [2.05, 4.69) is 6.92 Å². The van der Waals surface area contributed by atoms with E-state index in [1.165, 1.54) is 89.9 Å². The summed E-state index contributed by atoms with van der Waals surface area (Å²) in [5.41, 5.74) is 0.668. The third kappa shape index (κ3) is 12.8. The molecule has 0 aromatic carbocycles. The fourth-order valence-electron chi connectivity index (χ4n) is 3.23. The lowest BCUT2D eigenvalue weighted by atomic mass is 10.0. The van der Waals surface area contributed by atoms with Crippen LogP contribution in [0.1, 0.15) is 103 Å². The Balaban J connectivity index is 1.74. The highest BCUT2D eigenvalue weighted by atomic mass is 16.6. The van der Waals surface area contributed by atoms with E-state index in [1.54, 1.807) is 12.2 Å². The molecule has 0 fully saturated rings. The summed E-state index contributed by atoms with van der Waals surface area (Å²) in [5.74, 6) is -0.185. The second-order valence-electron chi connectivity index (χ2n) is 7.26. The van der Waals surface area contributed by atoms with Crippen LogP contribution in [0, 0.1) is 0 Å². The molecule has 0 radical (unpaired) electrons. The topological polar surface area (TPSA) is 32.3 Å². The first-order chi connectivity index (χ1) is 12.3. The van der Waals surface area contributed by atoms with Gasteiger partial charge in [0.15, 0.2) is 0 Å². The Hall–Kier alpha value is -1.18. The molecule has 1 aliphatic rings. The van der Waals surface area contributed by atoms with Gasteiger partial charge in [-0.2, -0.15) is 0 Å². The molecule has 0 bridgehead atoms. The van der Waals surface area contributed by atoms with E-state index in [9.17, 15) is 5.11 Å². The van der Waals surface area contributed by atoms with E-state index < -0.39 is 0 Å². The van der Waals surface area contributed by atoms with Crippen LogP contribution in [0.4, 0.5) is 0 Å². The van der Waals surface area contributed by atoms with Crippen molar-refractivity contribution in [2.75, 3.05) is 6.61 Å². The van der Waals surface area contributed by atoms with Gasteiger partial charge in [-0.05, 0) is 18.6 Å². The predicted molar refractivity (Wildman–Crippen MR) is 106 cm³/mol. The maximum absolute atomic E-state index is 11.6. The molecule has 25 heavy (non-hydrogen) atoms. The zero-order valence-electron chi connectivity index (χ0n) is 16.4. The standard InChI is InChI=1S/C23H40O2/c1-2-3-4-5-6-7-8-9-10-11-12-13-14-15-18-21-25-23(24)22-19-16-17-20-22/h16-17,19-20,24H,2-15,18,21H2,1H3/p-1. The van der Waals surface area contributed by atoms with Crippen LogP contribution < -0.4 is 5.11 Å². The molecule has 0 N–H and O–H groups in total. The minimum absolute atomic E-state index is 0.185. The van der Waals surface area contributed by atoms with E-state index in [0.717, 1.165) is 6.42 Å². The van der Waals surface area contributed by atoms with Crippen LogP contribution in [0.3, 0.4) is 0 Å². The first kappa shape index (κ1) is 21.9. The zero-order valence-corrected chi connectivity index (χ0v) is 16.4. The van der Waals surface area contributed by atoms with Crippen molar-refractivity contribution in [1.29, 1.82) is 0 Å². The van der Waals surface area contributed by atoms with Crippen LogP contribution in [0.15, 0.2) is 35.8 Å². The molecule has 0 aliphatic heterocycles. The maximum Gasteiger partial charge on any atom is 0.0587 e. The van der Waals surface area contributed by atoms with E-state index >= 15 is 0 Å². The fourth-order valence-corrected chi connectivity index (χ4v) is 3.23. The molecule has 0 aromatic rings. The number of hydrogen-bond acceptors (Lipinski definition) is 2. The normalized spacial score (nSPS) is 12.9. The minimum atomic E-state index is -0.185. The van der Waals surface area contributed by atoms with E-state index in [-0.39, 0.29) is 5.95 Å². The molecule has 2 nitrogen and oxygen atoms in total. The third-order valence-corrected chi connectivity index (χ3v) is 4.88. The van der Waals surface area contributed by atoms with E-state index in [1.807, 2.05) is 12.2 Å². The minimum Gasteiger partial charge on any atom is -0.613 e. The van der Waals surface area contributed by atoms with Gasteiger partial charge in [-0.3, -0.25) is 0 Å². The van der Waals surface area contributed by atoms with Crippen molar-refractivity contribution in [3.63, 3.8) is 0 Å². The first-order valence-electron chi connectivity index (χ1n) is 10.7. The molecule has 0 saturated heterocycles. The Labute approximate surface area is 156 Å². The second-order valence-corrected chi connectivity index (χ2v) is 7.26. The SMILES string of the molecule is CCCCCCCCCCCCCCCCCOC([O-])=C1C=CC=C1. The summed E-state index contributed by atoms with van der Waals surface area (Å²) in [4.78, 5) is 0. The van der Waals surface area contributed by atoms with Gasteiger partial charge in [0.2, 0.25) is 0 Å².